The molecular weight excluding hydrogens is 373 g/mol. The minimum atomic E-state index is -1.01. The van der Waals surface area contributed by atoms with Gasteiger partial charge in [-0.1, -0.05) is 24.3 Å². The Morgan fingerprint density at radius 1 is 1.03 bits per heavy atom. The molecule has 29 heavy (non-hydrogen) atoms. The predicted molar refractivity (Wildman–Crippen MR) is 109 cm³/mol. The van der Waals surface area contributed by atoms with Crippen LogP contribution in [-0.2, 0) is 0 Å². The van der Waals surface area contributed by atoms with Crippen molar-refractivity contribution in [2.75, 3.05) is 19.0 Å². The second-order valence-corrected chi connectivity index (χ2v) is 6.36. The third-order valence-corrected chi connectivity index (χ3v) is 4.42. The molecular formula is C23H22FNO4. The molecule has 3 aromatic rings. The number of hydrogen-bond donors (Lipinski definition) is 2. The van der Waals surface area contributed by atoms with Gasteiger partial charge in [0.1, 0.15) is 5.82 Å². The summed E-state index contributed by atoms with van der Waals surface area (Å²) in [5.41, 5.74) is 2.28. The molecule has 0 aliphatic carbocycles. The van der Waals surface area contributed by atoms with Gasteiger partial charge in [-0.3, -0.25) is 0 Å². The van der Waals surface area contributed by atoms with Crippen molar-refractivity contribution < 1.29 is 23.8 Å². The lowest BCUT2D eigenvalue weighted by Gasteiger charge is -2.23. The van der Waals surface area contributed by atoms with Gasteiger partial charge in [-0.2, -0.15) is 0 Å². The molecule has 3 aromatic carbocycles. The fourth-order valence-electron chi connectivity index (χ4n) is 3.10. The molecule has 0 saturated carbocycles. The summed E-state index contributed by atoms with van der Waals surface area (Å²) < 4.78 is 24.9. The van der Waals surface area contributed by atoms with Crippen molar-refractivity contribution in [2.45, 2.75) is 13.0 Å². The maximum Gasteiger partial charge on any atom is 0.335 e. The van der Waals surface area contributed by atoms with Gasteiger partial charge in [-0.05, 0) is 60.5 Å². The highest BCUT2D eigenvalue weighted by atomic mass is 19.1. The zero-order valence-electron chi connectivity index (χ0n) is 16.2. The van der Waals surface area contributed by atoms with Crippen molar-refractivity contribution in [1.82, 2.24) is 0 Å². The van der Waals surface area contributed by atoms with Crippen molar-refractivity contribution in [2.24, 2.45) is 0 Å². The number of halogens is 1. The zero-order valence-corrected chi connectivity index (χ0v) is 16.2. The molecule has 150 valence electrons. The van der Waals surface area contributed by atoms with E-state index in [-0.39, 0.29) is 11.4 Å². The molecule has 0 radical (unpaired) electrons. The molecule has 6 heteroatoms. The predicted octanol–water partition coefficient (Wildman–Crippen LogP) is 5.13. The molecule has 0 amide bonds. The molecule has 3 rings (SSSR count). The molecule has 0 saturated heterocycles. The van der Waals surface area contributed by atoms with E-state index < -0.39 is 12.0 Å². The van der Waals surface area contributed by atoms with E-state index in [1.807, 2.05) is 25.1 Å². The number of aromatic carboxylic acids is 1. The Morgan fingerprint density at radius 3 is 2.48 bits per heavy atom. The van der Waals surface area contributed by atoms with Gasteiger partial charge in [0, 0.05) is 5.69 Å². The van der Waals surface area contributed by atoms with E-state index in [9.17, 15) is 14.3 Å². The van der Waals surface area contributed by atoms with Gasteiger partial charge < -0.3 is 19.9 Å². The van der Waals surface area contributed by atoms with Crippen LogP contribution >= 0.6 is 0 Å². The van der Waals surface area contributed by atoms with Crippen molar-refractivity contribution in [1.29, 1.82) is 0 Å². The highest BCUT2D eigenvalue weighted by Gasteiger charge is 2.18. The molecule has 0 heterocycles. The molecule has 0 aromatic heterocycles. The van der Waals surface area contributed by atoms with E-state index in [2.05, 4.69) is 5.32 Å². The third-order valence-electron chi connectivity index (χ3n) is 4.42. The molecule has 0 aliphatic heterocycles. The van der Waals surface area contributed by atoms with Gasteiger partial charge in [0.2, 0.25) is 0 Å². The van der Waals surface area contributed by atoms with Crippen LogP contribution in [0.2, 0.25) is 0 Å². The largest absolute Gasteiger partial charge is 0.493 e. The lowest BCUT2D eigenvalue weighted by atomic mass is 9.97. The number of benzene rings is 3. The molecule has 0 bridgehead atoms. The van der Waals surface area contributed by atoms with Crippen LogP contribution in [0.15, 0.2) is 66.7 Å². The standard InChI is InChI=1S/C23H22FNO4/c1-3-29-21-14-16(10-11-20(21)28-2)22(15-6-4-8-18(24)12-15)25-19-9-5-7-17(13-19)23(26)27/h4-14,22,25H,3H2,1-2H3,(H,26,27). The van der Waals surface area contributed by atoms with Crippen LogP contribution < -0.4 is 14.8 Å². The Hall–Kier alpha value is -3.54. The number of ether oxygens (including phenoxy) is 2. The Labute approximate surface area is 168 Å². The van der Waals surface area contributed by atoms with Crippen molar-refractivity contribution >= 4 is 11.7 Å². The number of carboxylic acid groups (broad SMARTS) is 1. The number of nitrogens with one attached hydrogen (secondary N) is 1. The van der Waals surface area contributed by atoms with Crippen LogP contribution in [-0.4, -0.2) is 24.8 Å². The Balaban J connectivity index is 2.05. The molecule has 1 atom stereocenters. The van der Waals surface area contributed by atoms with Crippen LogP contribution in [0.3, 0.4) is 0 Å². The van der Waals surface area contributed by atoms with E-state index in [0.717, 1.165) is 5.56 Å². The lowest BCUT2D eigenvalue weighted by Crippen LogP contribution is -2.13. The number of methoxy groups -OCH3 is 1. The summed E-state index contributed by atoms with van der Waals surface area (Å²) in [4.78, 5) is 11.3. The van der Waals surface area contributed by atoms with E-state index in [0.29, 0.717) is 29.4 Å². The van der Waals surface area contributed by atoms with Crippen molar-refractivity contribution in [3.05, 3.63) is 89.2 Å². The summed E-state index contributed by atoms with van der Waals surface area (Å²) in [6.45, 7) is 2.35. The van der Waals surface area contributed by atoms with Gasteiger partial charge in [0.05, 0.1) is 25.3 Å². The lowest BCUT2D eigenvalue weighted by molar-refractivity contribution is 0.0697. The SMILES string of the molecule is CCOc1cc(C(Nc2cccc(C(=O)O)c2)c2cccc(F)c2)ccc1OC. The molecule has 0 spiro atoms. The second kappa shape index (κ2) is 9.10. The summed E-state index contributed by atoms with van der Waals surface area (Å²) in [7, 11) is 1.57. The first kappa shape index (κ1) is 20.2. The van der Waals surface area contributed by atoms with Gasteiger partial charge in [0.25, 0.3) is 0 Å². The highest BCUT2D eigenvalue weighted by molar-refractivity contribution is 5.88. The van der Waals surface area contributed by atoms with E-state index in [4.69, 9.17) is 9.47 Å². The molecule has 1 unspecified atom stereocenters. The topological polar surface area (TPSA) is 67.8 Å². The van der Waals surface area contributed by atoms with Crippen LogP contribution in [0.5, 0.6) is 11.5 Å². The summed E-state index contributed by atoms with van der Waals surface area (Å²) in [5, 5.41) is 12.6. The molecule has 0 aliphatic rings. The van der Waals surface area contributed by atoms with Crippen LogP contribution in [0.25, 0.3) is 0 Å². The van der Waals surface area contributed by atoms with E-state index >= 15 is 0 Å². The van der Waals surface area contributed by atoms with Crippen LogP contribution in [0, 0.1) is 5.82 Å². The van der Waals surface area contributed by atoms with Crippen LogP contribution in [0.4, 0.5) is 10.1 Å². The van der Waals surface area contributed by atoms with Gasteiger partial charge in [0.15, 0.2) is 11.5 Å². The zero-order chi connectivity index (χ0) is 20.8. The summed E-state index contributed by atoms with van der Waals surface area (Å²) in [5.74, 6) is -0.192. The third kappa shape index (κ3) is 4.85. The Morgan fingerprint density at radius 2 is 1.79 bits per heavy atom. The number of rotatable bonds is 8. The second-order valence-electron chi connectivity index (χ2n) is 6.36. The maximum absolute atomic E-state index is 13.9. The first-order valence-electron chi connectivity index (χ1n) is 9.18. The maximum atomic E-state index is 13.9. The van der Waals surface area contributed by atoms with E-state index in [1.54, 1.807) is 37.4 Å². The van der Waals surface area contributed by atoms with Crippen molar-refractivity contribution in [3.8, 4) is 11.5 Å². The summed E-state index contributed by atoms with van der Waals surface area (Å²) in [6.07, 6.45) is 0. The fourth-order valence-corrected chi connectivity index (χ4v) is 3.10. The van der Waals surface area contributed by atoms with Gasteiger partial charge in [-0.15, -0.1) is 0 Å². The summed E-state index contributed by atoms with van der Waals surface area (Å²) in [6, 6.07) is 17.8. The molecule has 5 nitrogen and oxygen atoms in total. The molecule has 0 fully saturated rings. The monoisotopic (exact) mass is 395 g/mol. The van der Waals surface area contributed by atoms with E-state index in [1.165, 1.54) is 18.2 Å². The number of anilines is 1. The first-order valence-corrected chi connectivity index (χ1v) is 9.18. The average molecular weight is 395 g/mol. The smallest absolute Gasteiger partial charge is 0.335 e. The number of hydrogen-bond acceptors (Lipinski definition) is 4. The Bertz CT molecular complexity index is 1010. The minimum Gasteiger partial charge on any atom is -0.493 e. The van der Waals surface area contributed by atoms with Gasteiger partial charge >= 0.3 is 5.97 Å². The Kier molecular flexibility index (Phi) is 6.34. The quantitative estimate of drug-likeness (QED) is 0.553. The first-order chi connectivity index (χ1) is 14.0. The molecule has 2 N–H and O–H groups in total. The number of carbonyl (C=O) groups is 1. The summed E-state index contributed by atoms with van der Waals surface area (Å²) >= 11 is 0. The highest BCUT2D eigenvalue weighted by Crippen LogP contribution is 2.34. The minimum absolute atomic E-state index is 0.165. The van der Waals surface area contributed by atoms with Gasteiger partial charge in [-0.25, -0.2) is 9.18 Å². The number of carboxylic acids is 1. The fraction of sp³-hybridized carbons (Fsp3) is 0.174. The van der Waals surface area contributed by atoms with Crippen LogP contribution in [0.1, 0.15) is 34.5 Å². The van der Waals surface area contributed by atoms with Crippen molar-refractivity contribution in [3.63, 3.8) is 0 Å². The normalized spacial score (nSPS) is 11.6. The average Bonchev–Trinajstić information content (AvgIpc) is 2.72.